The summed E-state index contributed by atoms with van der Waals surface area (Å²) in [6.07, 6.45) is -0.421. The van der Waals surface area contributed by atoms with Gasteiger partial charge < -0.3 is 19.5 Å². The second-order valence-electron chi connectivity index (χ2n) is 7.29. The molecule has 7 heteroatoms. The minimum absolute atomic E-state index is 0.259. The normalized spacial score (nSPS) is 11.7. The van der Waals surface area contributed by atoms with Crippen molar-refractivity contribution in [2.45, 2.75) is 33.3 Å². The second kappa shape index (κ2) is 11.2. The van der Waals surface area contributed by atoms with Crippen LogP contribution in [0.3, 0.4) is 0 Å². The molecule has 162 valence electrons. The quantitative estimate of drug-likeness (QED) is 0.596. The van der Waals surface area contributed by atoms with Crippen LogP contribution >= 0.6 is 0 Å². The van der Waals surface area contributed by atoms with E-state index in [1.165, 1.54) is 32.2 Å². The van der Waals surface area contributed by atoms with E-state index in [4.69, 9.17) is 14.2 Å². The van der Waals surface area contributed by atoms with Crippen LogP contribution in [0.5, 0.6) is 11.5 Å². The summed E-state index contributed by atoms with van der Waals surface area (Å²) in [4.78, 5) is 24.6. The molecule has 0 aliphatic rings. The van der Waals surface area contributed by atoms with E-state index in [1.54, 1.807) is 24.3 Å². The first-order valence-electron chi connectivity index (χ1n) is 9.84. The Kier molecular flexibility index (Phi) is 8.65. The standard InChI is InChI=1S/C23H28FNO5/c1-15(2)14-29-20-10-7-18(13-21(20)28-4)23(27)30-16(3)22(26)25-12-11-17-5-8-19(24)9-6-17/h5-10,13,15-16H,11-12,14H2,1-4H3,(H,25,26)/t16-/m1/s1. The van der Waals surface area contributed by atoms with E-state index < -0.39 is 18.0 Å². The van der Waals surface area contributed by atoms with Gasteiger partial charge in [0.1, 0.15) is 5.82 Å². The van der Waals surface area contributed by atoms with E-state index in [0.717, 1.165) is 5.56 Å². The van der Waals surface area contributed by atoms with Gasteiger partial charge in [0.15, 0.2) is 17.6 Å². The van der Waals surface area contributed by atoms with Gasteiger partial charge in [-0.2, -0.15) is 0 Å². The topological polar surface area (TPSA) is 73.9 Å². The van der Waals surface area contributed by atoms with Gasteiger partial charge in [0.05, 0.1) is 19.3 Å². The minimum atomic E-state index is -0.964. The molecule has 2 aromatic rings. The Bertz CT molecular complexity index is 851. The number of nitrogens with one attached hydrogen (secondary N) is 1. The van der Waals surface area contributed by atoms with Crippen LogP contribution in [0.4, 0.5) is 4.39 Å². The van der Waals surface area contributed by atoms with E-state index in [9.17, 15) is 14.0 Å². The molecule has 1 atom stereocenters. The number of hydrogen-bond donors (Lipinski definition) is 1. The summed E-state index contributed by atoms with van der Waals surface area (Å²) in [7, 11) is 1.49. The molecular weight excluding hydrogens is 389 g/mol. The van der Waals surface area contributed by atoms with Crippen LogP contribution in [0.15, 0.2) is 42.5 Å². The summed E-state index contributed by atoms with van der Waals surface area (Å²) in [5.41, 5.74) is 1.16. The Labute approximate surface area is 176 Å². The van der Waals surface area contributed by atoms with Crippen molar-refractivity contribution in [2.24, 2.45) is 5.92 Å². The Morgan fingerprint density at radius 3 is 2.37 bits per heavy atom. The molecule has 0 aromatic heterocycles. The number of hydrogen-bond acceptors (Lipinski definition) is 5. The molecule has 0 unspecified atom stereocenters. The van der Waals surface area contributed by atoms with Crippen LogP contribution in [-0.2, 0) is 16.0 Å². The third-order valence-corrected chi connectivity index (χ3v) is 4.25. The van der Waals surface area contributed by atoms with Crippen molar-refractivity contribution >= 4 is 11.9 Å². The Balaban J connectivity index is 1.87. The van der Waals surface area contributed by atoms with Crippen LogP contribution in [0.1, 0.15) is 36.7 Å². The van der Waals surface area contributed by atoms with Crippen LogP contribution in [0, 0.1) is 11.7 Å². The molecule has 1 N–H and O–H groups in total. The van der Waals surface area contributed by atoms with Crippen LogP contribution in [0.25, 0.3) is 0 Å². The number of carbonyl (C=O) groups is 2. The molecular formula is C23H28FNO5. The van der Waals surface area contributed by atoms with E-state index >= 15 is 0 Å². The van der Waals surface area contributed by atoms with Gasteiger partial charge >= 0.3 is 5.97 Å². The number of ether oxygens (including phenoxy) is 3. The number of carbonyl (C=O) groups excluding carboxylic acids is 2. The summed E-state index contributed by atoms with van der Waals surface area (Å²) in [5, 5.41) is 2.71. The molecule has 0 saturated heterocycles. The molecule has 0 heterocycles. The number of benzene rings is 2. The van der Waals surface area contributed by atoms with Gasteiger partial charge in [-0.15, -0.1) is 0 Å². The lowest BCUT2D eigenvalue weighted by molar-refractivity contribution is -0.129. The van der Waals surface area contributed by atoms with Crippen LogP contribution in [-0.4, -0.2) is 38.2 Å². The Morgan fingerprint density at radius 2 is 1.73 bits per heavy atom. The SMILES string of the molecule is COc1cc(C(=O)O[C@H](C)C(=O)NCCc2ccc(F)cc2)ccc1OCC(C)C. The van der Waals surface area contributed by atoms with Crippen molar-refractivity contribution in [1.29, 1.82) is 0 Å². The summed E-state index contributed by atoms with van der Waals surface area (Å²) >= 11 is 0. The second-order valence-corrected chi connectivity index (χ2v) is 7.29. The first-order valence-corrected chi connectivity index (χ1v) is 9.84. The maximum atomic E-state index is 12.9. The molecule has 0 bridgehead atoms. The van der Waals surface area contributed by atoms with Crippen molar-refractivity contribution in [3.63, 3.8) is 0 Å². The first-order chi connectivity index (χ1) is 14.3. The third-order valence-electron chi connectivity index (χ3n) is 4.25. The number of halogens is 1. The van der Waals surface area contributed by atoms with Gasteiger partial charge in [0.2, 0.25) is 0 Å². The van der Waals surface area contributed by atoms with Crippen LogP contribution < -0.4 is 14.8 Å². The van der Waals surface area contributed by atoms with Gasteiger partial charge in [-0.25, -0.2) is 9.18 Å². The monoisotopic (exact) mass is 417 g/mol. The Morgan fingerprint density at radius 1 is 1.03 bits per heavy atom. The Hall–Kier alpha value is -3.09. The average Bonchev–Trinajstić information content (AvgIpc) is 2.73. The molecule has 2 aromatic carbocycles. The van der Waals surface area contributed by atoms with Crippen molar-refractivity contribution in [3.05, 3.63) is 59.4 Å². The summed E-state index contributed by atoms with van der Waals surface area (Å²) < 4.78 is 29.1. The third kappa shape index (κ3) is 7.06. The molecule has 0 aliphatic heterocycles. The highest BCUT2D eigenvalue weighted by Gasteiger charge is 2.20. The van der Waals surface area contributed by atoms with Gasteiger partial charge in [-0.1, -0.05) is 26.0 Å². The molecule has 0 fully saturated rings. The number of rotatable bonds is 10. The number of amides is 1. The van der Waals surface area contributed by atoms with Crippen molar-refractivity contribution in [3.8, 4) is 11.5 Å². The molecule has 0 spiro atoms. The van der Waals surface area contributed by atoms with Crippen LogP contribution in [0.2, 0.25) is 0 Å². The van der Waals surface area contributed by atoms with E-state index in [2.05, 4.69) is 5.32 Å². The molecule has 1 amide bonds. The summed E-state index contributed by atoms with van der Waals surface area (Å²) in [6.45, 7) is 6.44. The largest absolute Gasteiger partial charge is 0.493 e. The van der Waals surface area contributed by atoms with E-state index in [1.807, 2.05) is 13.8 Å². The van der Waals surface area contributed by atoms with Gasteiger partial charge in [0, 0.05) is 6.54 Å². The maximum absolute atomic E-state index is 12.9. The smallest absolute Gasteiger partial charge is 0.339 e. The predicted molar refractivity (Wildman–Crippen MR) is 111 cm³/mol. The molecule has 0 saturated carbocycles. The lowest BCUT2D eigenvalue weighted by Crippen LogP contribution is -2.36. The fourth-order valence-electron chi connectivity index (χ4n) is 2.58. The fraction of sp³-hybridized carbons (Fsp3) is 0.391. The summed E-state index contributed by atoms with van der Waals surface area (Å²) in [5.74, 6) is -0.0451. The minimum Gasteiger partial charge on any atom is -0.493 e. The molecule has 0 aliphatic carbocycles. The predicted octanol–water partition coefficient (Wildman–Crippen LogP) is 3.77. The van der Waals surface area contributed by atoms with Gasteiger partial charge in [-0.3, -0.25) is 4.79 Å². The van der Waals surface area contributed by atoms with Crippen molar-refractivity contribution in [2.75, 3.05) is 20.3 Å². The zero-order valence-electron chi connectivity index (χ0n) is 17.7. The molecule has 2 rings (SSSR count). The highest BCUT2D eigenvalue weighted by atomic mass is 19.1. The van der Waals surface area contributed by atoms with Crippen molar-refractivity contribution < 1.29 is 28.2 Å². The summed E-state index contributed by atoms with van der Waals surface area (Å²) in [6, 6.07) is 10.8. The highest BCUT2D eigenvalue weighted by molar-refractivity contribution is 5.92. The zero-order valence-corrected chi connectivity index (χ0v) is 17.7. The average molecular weight is 417 g/mol. The number of esters is 1. The maximum Gasteiger partial charge on any atom is 0.339 e. The molecule has 6 nitrogen and oxygen atoms in total. The highest BCUT2D eigenvalue weighted by Crippen LogP contribution is 2.29. The van der Waals surface area contributed by atoms with E-state index in [0.29, 0.717) is 37.0 Å². The van der Waals surface area contributed by atoms with Gasteiger partial charge in [-0.05, 0) is 55.2 Å². The van der Waals surface area contributed by atoms with E-state index in [-0.39, 0.29) is 11.4 Å². The zero-order chi connectivity index (χ0) is 22.1. The lowest BCUT2D eigenvalue weighted by atomic mass is 10.1. The van der Waals surface area contributed by atoms with Crippen molar-refractivity contribution in [1.82, 2.24) is 5.32 Å². The van der Waals surface area contributed by atoms with Gasteiger partial charge in [0.25, 0.3) is 5.91 Å². The first kappa shape index (κ1) is 23.2. The fourth-order valence-corrected chi connectivity index (χ4v) is 2.58. The lowest BCUT2D eigenvalue weighted by Gasteiger charge is -2.15. The number of methoxy groups -OCH3 is 1. The molecule has 30 heavy (non-hydrogen) atoms. The molecule has 0 radical (unpaired) electrons.